The van der Waals surface area contributed by atoms with E-state index >= 15 is 0 Å². The lowest BCUT2D eigenvalue weighted by atomic mass is 10.0. The monoisotopic (exact) mass is 224 g/mol. The van der Waals surface area contributed by atoms with Crippen molar-refractivity contribution in [3.63, 3.8) is 0 Å². The van der Waals surface area contributed by atoms with Crippen molar-refractivity contribution < 1.29 is 4.79 Å². The molecule has 0 aliphatic heterocycles. The molecule has 82 valence electrons. The third kappa shape index (κ3) is 2.37. The van der Waals surface area contributed by atoms with E-state index in [4.69, 9.17) is 0 Å². The van der Waals surface area contributed by atoms with Crippen LogP contribution in [0, 0.1) is 5.92 Å². The zero-order valence-corrected chi connectivity index (χ0v) is 9.72. The highest BCUT2D eigenvalue weighted by atomic mass is 32.1. The number of nitrogens with zero attached hydrogens (tertiary/aromatic N) is 1. The van der Waals surface area contributed by atoms with Crippen LogP contribution in [0.3, 0.4) is 0 Å². The minimum absolute atomic E-state index is 0.0124. The van der Waals surface area contributed by atoms with E-state index in [0.717, 1.165) is 12.8 Å². The Morgan fingerprint density at radius 3 is 3.20 bits per heavy atom. The number of hydrogen-bond acceptors (Lipinski definition) is 3. The molecule has 0 spiro atoms. The smallest absolute Gasteiger partial charge is 0.270 e. The van der Waals surface area contributed by atoms with E-state index in [1.807, 2.05) is 0 Å². The summed E-state index contributed by atoms with van der Waals surface area (Å²) in [7, 11) is 0. The fourth-order valence-corrected chi connectivity index (χ4v) is 2.81. The van der Waals surface area contributed by atoms with Crippen LogP contribution in [-0.2, 0) is 0 Å². The van der Waals surface area contributed by atoms with Crippen LogP contribution < -0.4 is 5.32 Å². The second-order valence-electron chi connectivity index (χ2n) is 4.05. The van der Waals surface area contributed by atoms with Gasteiger partial charge in [0, 0.05) is 11.4 Å². The van der Waals surface area contributed by atoms with E-state index in [-0.39, 0.29) is 5.91 Å². The average molecular weight is 224 g/mol. The summed E-state index contributed by atoms with van der Waals surface area (Å²) in [5.41, 5.74) is 2.25. The number of carbonyl (C=O) groups is 1. The minimum atomic E-state index is -0.0124. The molecule has 1 aromatic heterocycles. The molecule has 0 aromatic carbocycles. The highest BCUT2D eigenvalue weighted by Crippen LogP contribution is 2.28. The summed E-state index contributed by atoms with van der Waals surface area (Å²) in [5.74, 6) is 0.647. The van der Waals surface area contributed by atoms with Gasteiger partial charge < -0.3 is 5.32 Å². The molecule has 3 nitrogen and oxygen atoms in total. The molecule has 15 heavy (non-hydrogen) atoms. The van der Waals surface area contributed by atoms with Gasteiger partial charge in [0.05, 0.1) is 5.51 Å². The Morgan fingerprint density at radius 2 is 2.53 bits per heavy atom. The summed E-state index contributed by atoms with van der Waals surface area (Å²) < 4.78 is 0. The highest BCUT2D eigenvalue weighted by Gasteiger charge is 2.27. The largest absolute Gasteiger partial charge is 0.348 e. The van der Waals surface area contributed by atoms with Gasteiger partial charge >= 0.3 is 0 Å². The van der Waals surface area contributed by atoms with E-state index in [2.05, 4.69) is 17.2 Å². The maximum absolute atomic E-state index is 11.8. The number of carbonyl (C=O) groups excluding carboxylic acids is 1. The molecule has 0 saturated heterocycles. The Hall–Kier alpha value is -0.900. The second kappa shape index (κ2) is 4.75. The molecule has 2 atom stereocenters. The van der Waals surface area contributed by atoms with Crippen molar-refractivity contribution in [1.29, 1.82) is 0 Å². The van der Waals surface area contributed by atoms with E-state index < -0.39 is 0 Å². The van der Waals surface area contributed by atoms with Crippen molar-refractivity contribution in [2.75, 3.05) is 0 Å². The molecule has 1 N–H and O–H groups in total. The molecule has 1 saturated carbocycles. The minimum Gasteiger partial charge on any atom is -0.348 e. The van der Waals surface area contributed by atoms with Gasteiger partial charge in [0.2, 0.25) is 0 Å². The molecule has 2 rings (SSSR count). The Kier molecular flexibility index (Phi) is 3.36. The van der Waals surface area contributed by atoms with Crippen molar-refractivity contribution in [1.82, 2.24) is 10.3 Å². The lowest BCUT2D eigenvalue weighted by molar-refractivity contribution is 0.0923. The topological polar surface area (TPSA) is 42.0 Å². The zero-order valence-electron chi connectivity index (χ0n) is 8.90. The number of nitrogens with one attached hydrogen (secondary N) is 1. The van der Waals surface area contributed by atoms with Crippen LogP contribution in [0.1, 0.15) is 43.1 Å². The number of hydrogen-bond donors (Lipinski definition) is 1. The summed E-state index contributed by atoms with van der Waals surface area (Å²) in [5, 5.41) is 4.88. The Labute approximate surface area is 93.9 Å². The molecule has 1 aliphatic carbocycles. The Balaban J connectivity index is 1.94. The Morgan fingerprint density at radius 1 is 1.67 bits per heavy atom. The lowest BCUT2D eigenvalue weighted by Gasteiger charge is -2.18. The SMILES string of the molecule is CCC1CCCC1NC(=O)c1cscn1. The van der Waals surface area contributed by atoms with Crippen molar-refractivity contribution in [2.45, 2.75) is 38.6 Å². The molecule has 1 fully saturated rings. The highest BCUT2D eigenvalue weighted by molar-refractivity contribution is 7.07. The van der Waals surface area contributed by atoms with Crippen LogP contribution in [0.4, 0.5) is 0 Å². The standard InChI is InChI=1S/C11H16N2OS/c1-2-8-4-3-5-9(8)13-11(14)10-6-15-7-12-10/h6-9H,2-5H2,1H3,(H,13,14). The zero-order chi connectivity index (χ0) is 10.7. The van der Waals surface area contributed by atoms with E-state index in [1.165, 1.54) is 24.2 Å². The molecule has 1 amide bonds. The van der Waals surface area contributed by atoms with Gasteiger partial charge in [0.25, 0.3) is 5.91 Å². The number of rotatable bonds is 3. The van der Waals surface area contributed by atoms with Crippen LogP contribution >= 0.6 is 11.3 Å². The summed E-state index contributed by atoms with van der Waals surface area (Å²) in [4.78, 5) is 15.8. The Bertz CT molecular complexity index is 323. The predicted octanol–water partition coefficient (Wildman–Crippen LogP) is 2.45. The molecule has 1 heterocycles. The first-order chi connectivity index (χ1) is 7.31. The van der Waals surface area contributed by atoms with Gasteiger partial charge in [-0.15, -0.1) is 11.3 Å². The third-order valence-electron chi connectivity index (χ3n) is 3.16. The fraction of sp³-hybridized carbons (Fsp3) is 0.636. The summed E-state index contributed by atoms with van der Waals surface area (Å²) in [6, 6.07) is 0.365. The first kappa shape index (κ1) is 10.6. The van der Waals surface area contributed by atoms with Gasteiger partial charge in [-0.2, -0.15) is 0 Å². The van der Waals surface area contributed by atoms with Crippen molar-refractivity contribution >= 4 is 17.2 Å². The predicted molar refractivity (Wildman–Crippen MR) is 61.0 cm³/mol. The molecule has 4 heteroatoms. The molecule has 1 aromatic rings. The summed E-state index contributed by atoms with van der Waals surface area (Å²) in [6.45, 7) is 2.19. The molecular formula is C11H16N2OS. The molecule has 1 aliphatic rings. The maximum Gasteiger partial charge on any atom is 0.270 e. The normalized spacial score (nSPS) is 25.4. The van der Waals surface area contributed by atoms with Crippen molar-refractivity contribution in [3.05, 3.63) is 16.6 Å². The van der Waals surface area contributed by atoms with Gasteiger partial charge in [0.15, 0.2) is 0 Å². The van der Waals surface area contributed by atoms with Crippen LogP contribution in [0.5, 0.6) is 0 Å². The van der Waals surface area contributed by atoms with E-state index in [1.54, 1.807) is 10.9 Å². The molecule has 0 bridgehead atoms. The van der Waals surface area contributed by atoms with E-state index in [9.17, 15) is 4.79 Å². The summed E-state index contributed by atoms with van der Waals surface area (Å²) >= 11 is 1.46. The fourth-order valence-electron chi connectivity index (χ4n) is 2.28. The van der Waals surface area contributed by atoms with Gasteiger partial charge in [0.1, 0.15) is 5.69 Å². The van der Waals surface area contributed by atoms with Gasteiger partial charge in [-0.1, -0.05) is 19.8 Å². The van der Waals surface area contributed by atoms with Crippen LogP contribution in [0.2, 0.25) is 0 Å². The average Bonchev–Trinajstić information content (AvgIpc) is 2.87. The molecular weight excluding hydrogens is 208 g/mol. The van der Waals surface area contributed by atoms with Gasteiger partial charge in [-0.3, -0.25) is 4.79 Å². The number of thiazole rings is 1. The summed E-state index contributed by atoms with van der Waals surface area (Å²) in [6.07, 6.45) is 4.76. The number of aromatic nitrogens is 1. The molecule has 0 radical (unpaired) electrons. The third-order valence-corrected chi connectivity index (χ3v) is 3.75. The first-order valence-electron chi connectivity index (χ1n) is 5.50. The van der Waals surface area contributed by atoms with Gasteiger partial charge in [-0.25, -0.2) is 4.98 Å². The van der Waals surface area contributed by atoms with Gasteiger partial charge in [-0.05, 0) is 18.8 Å². The number of amides is 1. The quantitative estimate of drug-likeness (QED) is 0.857. The second-order valence-corrected chi connectivity index (χ2v) is 4.77. The van der Waals surface area contributed by atoms with Crippen LogP contribution in [0.15, 0.2) is 10.9 Å². The van der Waals surface area contributed by atoms with Crippen LogP contribution in [0.25, 0.3) is 0 Å². The van der Waals surface area contributed by atoms with Crippen molar-refractivity contribution in [3.8, 4) is 0 Å². The van der Waals surface area contributed by atoms with Crippen molar-refractivity contribution in [2.24, 2.45) is 5.92 Å². The maximum atomic E-state index is 11.8. The lowest BCUT2D eigenvalue weighted by Crippen LogP contribution is -2.37. The van der Waals surface area contributed by atoms with Crippen LogP contribution in [-0.4, -0.2) is 16.9 Å². The van der Waals surface area contributed by atoms with E-state index in [0.29, 0.717) is 17.7 Å². The molecule has 2 unspecified atom stereocenters. The first-order valence-corrected chi connectivity index (χ1v) is 6.44.